The Labute approximate surface area is 119 Å². The number of nitrogens with zero attached hydrogens (tertiary/aromatic N) is 3. The number of benzene rings is 1. The van der Waals surface area contributed by atoms with Crippen molar-refractivity contribution in [2.45, 2.75) is 13.5 Å². The van der Waals surface area contributed by atoms with Gasteiger partial charge in [0.2, 0.25) is 5.91 Å². The molecule has 0 aliphatic carbocycles. The summed E-state index contributed by atoms with van der Waals surface area (Å²) in [6, 6.07) is 5.00. The minimum absolute atomic E-state index is 0.0126. The molecule has 0 saturated carbocycles. The Hall–Kier alpha value is -2.41. The van der Waals surface area contributed by atoms with Crippen LogP contribution in [0.5, 0.6) is 0 Å². The highest BCUT2D eigenvalue weighted by Gasteiger charge is 2.19. The highest BCUT2D eigenvalue weighted by molar-refractivity contribution is 6.32. The highest BCUT2D eigenvalue weighted by Crippen LogP contribution is 2.22. The van der Waals surface area contributed by atoms with E-state index in [1.807, 2.05) is 6.92 Å². The number of carbonyl (C=O) groups excluding carboxylic acids is 1. The SMILES string of the molecule is Cc1cc(C(N)=O)ccc1Cn1cc(Cl)c([N+](=O)[O-])n1. The smallest absolute Gasteiger partial charge is 0.366 e. The van der Waals surface area contributed by atoms with E-state index in [2.05, 4.69) is 5.10 Å². The third kappa shape index (κ3) is 2.77. The minimum Gasteiger partial charge on any atom is -0.366 e. The third-order valence-corrected chi connectivity index (χ3v) is 3.10. The molecule has 0 radical (unpaired) electrons. The van der Waals surface area contributed by atoms with E-state index in [4.69, 9.17) is 17.3 Å². The summed E-state index contributed by atoms with van der Waals surface area (Å²) in [5, 5.41) is 14.5. The number of nitro groups is 1. The van der Waals surface area contributed by atoms with Gasteiger partial charge in [-0.1, -0.05) is 17.7 Å². The van der Waals surface area contributed by atoms with Crippen LogP contribution in [-0.4, -0.2) is 20.6 Å². The molecule has 0 atom stereocenters. The molecule has 0 aliphatic heterocycles. The van der Waals surface area contributed by atoms with E-state index in [0.29, 0.717) is 12.1 Å². The lowest BCUT2D eigenvalue weighted by molar-refractivity contribution is -0.389. The predicted octanol–water partition coefficient (Wildman–Crippen LogP) is 1.90. The van der Waals surface area contributed by atoms with Crippen LogP contribution in [0, 0.1) is 17.0 Å². The van der Waals surface area contributed by atoms with Crippen LogP contribution in [0.25, 0.3) is 0 Å². The molecular weight excluding hydrogens is 284 g/mol. The summed E-state index contributed by atoms with van der Waals surface area (Å²) in [4.78, 5) is 21.1. The lowest BCUT2D eigenvalue weighted by Gasteiger charge is -2.05. The molecule has 0 saturated heterocycles. The Kier molecular flexibility index (Phi) is 3.71. The predicted molar refractivity (Wildman–Crippen MR) is 72.7 cm³/mol. The van der Waals surface area contributed by atoms with Crippen LogP contribution in [0.4, 0.5) is 5.82 Å². The molecule has 0 spiro atoms. The van der Waals surface area contributed by atoms with Gasteiger partial charge in [0.15, 0.2) is 5.02 Å². The number of primary amides is 1. The van der Waals surface area contributed by atoms with Crippen LogP contribution >= 0.6 is 11.6 Å². The second kappa shape index (κ2) is 5.30. The van der Waals surface area contributed by atoms with Crippen molar-refractivity contribution in [2.24, 2.45) is 5.73 Å². The molecular formula is C12H11ClN4O3. The van der Waals surface area contributed by atoms with Crippen molar-refractivity contribution >= 4 is 23.3 Å². The summed E-state index contributed by atoms with van der Waals surface area (Å²) in [5.74, 6) is -0.879. The maximum Gasteiger partial charge on any atom is 0.408 e. The maximum atomic E-state index is 11.1. The molecule has 0 aliphatic rings. The van der Waals surface area contributed by atoms with E-state index in [-0.39, 0.29) is 10.8 Å². The van der Waals surface area contributed by atoms with E-state index in [1.54, 1.807) is 18.2 Å². The van der Waals surface area contributed by atoms with E-state index in [1.165, 1.54) is 10.9 Å². The summed E-state index contributed by atoms with van der Waals surface area (Å²) in [6.07, 6.45) is 1.39. The van der Waals surface area contributed by atoms with E-state index < -0.39 is 10.8 Å². The Balaban J connectivity index is 2.28. The van der Waals surface area contributed by atoms with Gasteiger partial charge in [-0.25, -0.2) is 0 Å². The summed E-state index contributed by atoms with van der Waals surface area (Å²) in [6.45, 7) is 2.14. The number of aromatic nitrogens is 2. The number of aryl methyl sites for hydroxylation is 1. The van der Waals surface area contributed by atoms with Gasteiger partial charge < -0.3 is 15.8 Å². The van der Waals surface area contributed by atoms with Gasteiger partial charge in [0.1, 0.15) is 0 Å². The van der Waals surface area contributed by atoms with Crippen LogP contribution in [0.2, 0.25) is 5.02 Å². The fourth-order valence-corrected chi connectivity index (χ4v) is 2.01. The standard InChI is InChI=1S/C12H11ClN4O3/c1-7-4-8(11(14)18)2-3-9(7)5-16-6-10(13)12(15-16)17(19)20/h2-4,6H,5H2,1H3,(H2,14,18). The van der Waals surface area contributed by atoms with E-state index in [9.17, 15) is 14.9 Å². The van der Waals surface area contributed by atoms with Gasteiger partial charge in [-0.15, -0.1) is 0 Å². The Morgan fingerprint density at radius 3 is 2.75 bits per heavy atom. The minimum atomic E-state index is -0.637. The monoisotopic (exact) mass is 294 g/mol. The van der Waals surface area contributed by atoms with Crippen LogP contribution in [0.3, 0.4) is 0 Å². The van der Waals surface area contributed by atoms with Crippen molar-refractivity contribution in [3.05, 3.63) is 56.2 Å². The number of hydrogen-bond donors (Lipinski definition) is 1. The first-order valence-electron chi connectivity index (χ1n) is 5.65. The molecule has 2 N–H and O–H groups in total. The average molecular weight is 295 g/mol. The van der Waals surface area contributed by atoms with Gasteiger partial charge in [0.25, 0.3) is 0 Å². The van der Waals surface area contributed by atoms with Gasteiger partial charge in [-0.2, -0.15) is 4.68 Å². The summed E-state index contributed by atoms with van der Waals surface area (Å²) in [5.41, 5.74) is 7.31. The Morgan fingerprint density at radius 2 is 2.25 bits per heavy atom. The molecule has 104 valence electrons. The molecule has 2 rings (SSSR count). The van der Waals surface area contributed by atoms with Crippen LogP contribution in [-0.2, 0) is 6.54 Å². The summed E-state index contributed by atoms with van der Waals surface area (Å²) in [7, 11) is 0. The topological polar surface area (TPSA) is 104 Å². The number of carbonyl (C=O) groups is 1. The number of amides is 1. The normalized spacial score (nSPS) is 10.5. The summed E-state index contributed by atoms with van der Waals surface area (Å²) >= 11 is 5.73. The molecule has 0 bridgehead atoms. The molecule has 2 aromatic rings. The second-order valence-electron chi connectivity index (χ2n) is 4.26. The average Bonchev–Trinajstić information content (AvgIpc) is 2.73. The number of rotatable bonds is 4. The molecule has 0 fully saturated rings. The molecule has 20 heavy (non-hydrogen) atoms. The fraction of sp³-hybridized carbons (Fsp3) is 0.167. The maximum absolute atomic E-state index is 11.1. The lowest BCUT2D eigenvalue weighted by atomic mass is 10.0. The first kappa shape index (κ1) is 14.0. The van der Waals surface area contributed by atoms with Gasteiger partial charge in [-0.3, -0.25) is 4.79 Å². The first-order chi connectivity index (χ1) is 9.38. The van der Waals surface area contributed by atoms with Crippen LogP contribution in [0.1, 0.15) is 21.5 Å². The molecule has 1 heterocycles. The van der Waals surface area contributed by atoms with Crippen LogP contribution in [0.15, 0.2) is 24.4 Å². The van der Waals surface area contributed by atoms with Gasteiger partial charge in [0.05, 0.1) is 17.8 Å². The van der Waals surface area contributed by atoms with Crippen molar-refractivity contribution < 1.29 is 9.72 Å². The zero-order valence-corrected chi connectivity index (χ0v) is 11.3. The molecule has 1 aromatic heterocycles. The largest absolute Gasteiger partial charge is 0.408 e. The second-order valence-corrected chi connectivity index (χ2v) is 4.67. The van der Waals surface area contributed by atoms with Crippen molar-refractivity contribution in [1.82, 2.24) is 9.78 Å². The van der Waals surface area contributed by atoms with Crippen molar-refractivity contribution in [1.29, 1.82) is 0 Å². The zero-order chi connectivity index (χ0) is 14.9. The Morgan fingerprint density at radius 1 is 1.55 bits per heavy atom. The molecule has 0 unspecified atom stereocenters. The molecule has 1 aromatic carbocycles. The third-order valence-electron chi connectivity index (χ3n) is 2.83. The number of hydrogen-bond acceptors (Lipinski definition) is 4. The van der Waals surface area contributed by atoms with Gasteiger partial charge in [-0.05, 0) is 35.1 Å². The number of nitrogens with two attached hydrogens (primary N) is 1. The zero-order valence-electron chi connectivity index (χ0n) is 10.5. The Bertz CT molecular complexity index is 696. The van der Waals surface area contributed by atoms with Crippen molar-refractivity contribution in [3.8, 4) is 0 Å². The highest BCUT2D eigenvalue weighted by atomic mass is 35.5. The van der Waals surface area contributed by atoms with E-state index >= 15 is 0 Å². The molecule has 1 amide bonds. The quantitative estimate of drug-likeness (QED) is 0.686. The first-order valence-corrected chi connectivity index (χ1v) is 6.03. The van der Waals surface area contributed by atoms with Crippen molar-refractivity contribution in [2.75, 3.05) is 0 Å². The van der Waals surface area contributed by atoms with Crippen LogP contribution < -0.4 is 5.73 Å². The fourth-order valence-electron chi connectivity index (χ4n) is 1.79. The molecule has 7 nitrogen and oxygen atoms in total. The van der Waals surface area contributed by atoms with Gasteiger partial charge >= 0.3 is 5.82 Å². The molecule has 8 heteroatoms. The van der Waals surface area contributed by atoms with Crippen molar-refractivity contribution in [3.63, 3.8) is 0 Å². The number of halogens is 1. The van der Waals surface area contributed by atoms with E-state index in [0.717, 1.165) is 11.1 Å². The lowest BCUT2D eigenvalue weighted by Crippen LogP contribution is -2.12. The van der Waals surface area contributed by atoms with Gasteiger partial charge in [0, 0.05) is 5.56 Å². The summed E-state index contributed by atoms with van der Waals surface area (Å²) < 4.78 is 1.38.